The molecule has 1 unspecified atom stereocenters. The Morgan fingerprint density at radius 3 is 2.64 bits per heavy atom. The summed E-state index contributed by atoms with van der Waals surface area (Å²) in [5, 5.41) is 6.37. The first-order chi connectivity index (χ1) is 9.84. The van der Waals surface area contributed by atoms with Gasteiger partial charge in [-0.1, -0.05) is 6.92 Å². The summed E-state index contributed by atoms with van der Waals surface area (Å²) >= 11 is 0. The lowest BCUT2D eigenvalue weighted by Crippen LogP contribution is -2.46. The highest BCUT2D eigenvalue weighted by Gasteiger charge is 2.34. The Morgan fingerprint density at radius 2 is 2.09 bits per heavy atom. The second-order valence-corrected chi connectivity index (χ2v) is 5.38. The topological polar surface area (TPSA) is 42.9 Å². The number of halogens is 4. The number of hydrogen-bond donors (Lipinski definition) is 2. The third-order valence-electron chi connectivity index (χ3n) is 3.57. The van der Waals surface area contributed by atoms with Crippen molar-refractivity contribution < 1.29 is 13.2 Å². The molecule has 2 N–H and O–H groups in total. The summed E-state index contributed by atoms with van der Waals surface area (Å²) in [6.45, 7) is 4.73. The lowest BCUT2D eigenvalue weighted by Gasteiger charge is -2.20. The smallest absolute Gasteiger partial charge is 0.355 e. The summed E-state index contributed by atoms with van der Waals surface area (Å²) in [5.41, 5.74) is 0. The van der Waals surface area contributed by atoms with Crippen LogP contribution in [-0.4, -0.2) is 81.3 Å². The van der Waals surface area contributed by atoms with Crippen molar-refractivity contribution in [3.05, 3.63) is 0 Å². The molecule has 5 nitrogen and oxygen atoms in total. The van der Waals surface area contributed by atoms with Crippen molar-refractivity contribution in [2.24, 2.45) is 4.99 Å². The second kappa shape index (κ2) is 10.5. The molecule has 1 rings (SSSR count). The summed E-state index contributed by atoms with van der Waals surface area (Å²) in [5.74, 6) is 0.651. The summed E-state index contributed by atoms with van der Waals surface area (Å²) in [6.07, 6.45) is -3.43. The molecule has 0 spiro atoms. The number of likely N-dealkylation sites (tertiary alicyclic amines) is 1. The molecule has 0 aliphatic carbocycles. The van der Waals surface area contributed by atoms with Crippen LogP contribution in [0.5, 0.6) is 0 Å². The Balaban J connectivity index is 0.00000441. The first-order valence-electron chi connectivity index (χ1n) is 7.29. The van der Waals surface area contributed by atoms with E-state index in [1.54, 1.807) is 7.05 Å². The van der Waals surface area contributed by atoms with Gasteiger partial charge in [-0.3, -0.25) is 9.89 Å². The number of aliphatic imine (C=N–C) groups is 1. The van der Waals surface area contributed by atoms with E-state index in [1.165, 1.54) is 4.90 Å². The molecule has 1 heterocycles. The molecule has 1 atom stereocenters. The average molecular weight is 437 g/mol. The maximum Gasteiger partial charge on any atom is 0.401 e. The zero-order valence-electron chi connectivity index (χ0n) is 13.4. The van der Waals surface area contributed by atoms with Crippen molar-refractivity contribution in [1.29, 1.82) is 0 Å². The number of guanidine groups is 1. The molecule has 1 fully saturated rings. The zero-order valence-corrected chi connectivity index (χ0v) is 15.7. The van der Waals surface area contributed by atoms with Gasteiger partial charge in [-0.2, -0.15) is 13.2 Å². The molecule has 9 heteroatoms. The average Bonchev–Trinajstić information content (AvgIpc) is 2.82. The molecule has 1 saturated heterocycles. The Labute approximate surface area is 147 Å². The molecule has 0 saturated carbocycles. The van der Waals surface area contributed by atoms with Gasteiger partial charge in [0.2, 0.25) is 0 Å². The van der Waals surface area contributed by atoms with Crippen molar-refractivity contribution in [3.8, 4) is 0 Å². The van der Waals surface area contributed by atoms with E-state index in [1.807, 2.05) is 7.05 Å². The van der Waals surface area contributed by atoms with Crippen LogP contribution >= 0.6 is 24.0 Å². The molecule has 0 radical (unpaired) electrons. The van der Waals surface area contributed by atoms with Crippen LogP contribution in [-0.2, 0) is 0 Å². The Kier molecular flexibility index (Phi) is 10.3. The molecular weight excluding hydrogens is 410 g/mol. The number of likely N-dealkylation sites (N-methyl/N-ethyl adjacent to an activating group) is 1. The van der Waals surface area contributed by atoms with Crippen molar-refractivity contribution in [2.75, 3.05) is 53.4 Å². The number of nitrogens with one attached hydrogen (secondary N) is 2. The fourth-order valence-electron chi connectivity index (χ4n) is 2.26. The first kappa shape index (κ1) is 21.7. The fourth-order valence-corrected chi connectivity index (χ4v) is 2.26. The number of hydrogen-bond acceptors (Lipinski definition) is 3. The van der Waals surface area contributed by atoms with Crippen molar-refractivity contribution in [2.45, 2.75) is 25.6 Å². The molecule has 132 valence electrons. The van der Waals surface area contributed by atoms with Gasteiger partial charge in [0, 0.05) is 39.3 Å². The molecule has 0 aromatic rings. The minimum atomic E-state index is -4.13. The Morgan fingerprint density at radius 1 is 1.41 bits per heavy atom. The zero-order chi connectivity index (χ0) is 15.9. The lowest BCUT2D eigenvalue weighted by atomic mass is 10.3. The van der Waals surface area contributed by atoms with Gasteiger partial charge >= 0.3 is 6.18 Å². The number of nitrogens with zero attached hydrogens (tertiary/aromatic N) is 3. The summed E-state index contributed by atoms with van der Waals surface area (Å²) in [4.78, 5) is 7.70. The van der Waals surface area contributed by atoms with Gasteiger partial charge in [0.1, 0.15) is 0 Å². The highest BCUT2D eigenvalue weighted by Crippen LogP contribution is 2.19. The largest absolute Gasteiger partial charge is 0.401 e. The molecule has 0 amide bonds. The van der Waals surface area contributed by atoms with E-state index in [9.17, 15) is 13.2 Å². The molecule has 0 aromatic heterocycles. The van der Waals surface area contributed by atoms with Gasteiger partial charge in [-0.25, -0.2) is 0 Å². The van der Waals surface area contributed by atoms with Crippen LogP contribution in [0.2, 0.25) is 0 Å². The minimum Gasteiger partial charge on any atom is -0.355 e. The summed E-state index contributed by atoms with van der Waals surface area (Å²) < 4.78 is 37.0. The van der Waals surface area contributed by atoms with E-state index in [2.05, 4.69) is 27.4 Å². The number of rotatable bonds is 6. The van der Waals surface area contributed by atoms with Gasteiger partial charge in [0.15, 0.2) is 5.96 Å². The van der Waals surface area contributed by atoms with Gasteiger partial charge in [-0.05, 0) is 20.0 Å². The van der Waals surface area contributed by atoms with Crippen LogP contribution < -0.4 is 10.6 Å². The van der Waals surface area contributed by atoms with Crippen LogP contribution in [0.3, 0.4) is 0 Å². The first-order valence-corrected chi connectivity index (χ1v) is 7.29. The molecule has 22 heavy (non-hydrogen) atoms. The van der Waals surface area contributed by atoms with Crippen molar-refractivity contribution >= 4 is 29.9 Å². The molecule has 1 aliphatic rings. The highest BCUT2D eigenvalue weighted by molar-refractivity contribution is 14.0. The van der Waals surface area contributed by atoms with Gasteiger partial charge in [-0.15, -0.1) is 24.0 Å². The van der Waals surface area contributed by atoms with Gasteiger partial charge in [0.05, 0.1) is 6.54 Å². The minimum absolute atomic E-state index is 0. The number of alkyl halides is 3. The van der Waals surface area contributed by atoms with E-state index in [0.717, 1.165) is 19.6 Å². The molecule has 0 aromatic carbocycles. The van der Waals surface area contributed by atoms with Crippen LogP contribution in [0.25, 0.3) is 0 Å². The molecule has 0 bridgehead atoms. The van der Waals surface area contributed by atoms with E-state index in [4.69, 9.17) is 0 Å². The van der Waals surface area contributed by atoms with Gasteiger partial charge < -0.3 is 15.5 Å². The maximum atomic E-state index is 12.3. The predicted molar refractivity (Wildman–Crippen MR) is 94.0 cm³/mol. The summed E-state index contributed by atoms with van der Waals surface area (Å²) in [6, 6.07) is 0.0162. The van der Waals surface area contributed by atoms with Gasteiger partial charge in [0.25, 0.3) is 0 Å². The van der Waals surface area contributed by atoms with Crippen LogP contribution in [0, 0.1) is 0 Å². The molecule has 1 aliphatic heterocycles. The standard InChI is InChI=1S/C13H26F3N5.HI/c1-4-20(3)8-6-18-12(17-2)19-11-5-7-21(9-11)10-13(14,15)16;/h11H,4-10H2,1-3H3,(H2,17,18,19);1H. The van der Waals surface area contributed by atoms with Crippen molar-refractivity contribution in [3.63, 3.8) is 0 Å². The normalized spacial score (nSPS) is 20.1. The Hall–Kier alpha value is -0.290. The molecular formula is C13H27F3IN5. The monoisotopic (exact) mass is 437 g/mol. The Bertz CT molecular complexity index is 338. The van der Waals surface area contributed by atoms with Crippen LogP contribution in [0.15, 0.2) is 4.99 Å². The van der Waals surface area contributed by atoms with Crippen LogP contribution in [0.1, 0.15) is 13.3 Å². The quantitative estimate of drug-likeness (QED) is 0.374. The van der Waals surface area contributed by atoms with Crippen LogP contribution in [0.4, 0.5) is 13.2 Å². The highest BCUT2D eigenvalue weighted by atomic mass is 127. The van der Waals surface area contributed by atoms with E-state index in [0.29, 0.717) is 25.5 Å². The van der Waals surface area contributed by atoms with Crippen molar-refractivity contribution in [1.82, 2.24) is 20.4 Å². The van der Waals surface area contributed by atoms with E-state index in [-0.39, 0.29) is 30.0 Å². The van der Waals surface area contributed by atoms with E-state index < -0.39 is 12.7 Å². The van der Waals surface area contributed by atoms with E-state index >= 15 is 0 Å². The third-order valence-corrected chi connectivity index (χ3v) is 3.57. The summed E-state index contributed by atoms with van der Waals surface area (Å²) in [7, 11) is 3.70. The lowest BCUT2D eigenvalue weighted by molar-refractivity contribution is -0.143. The third kappa shape index (κ3) is 8.99. The fraction of sp³-hybridized carbons (Fsp3) is 0.923. The SMILES string of the molecule is CCN(C)CCNC(=NC)NC1CCN(CC(F)(F)F)C1.I. The predicted octanol–water partition coefficient (Wildman–Crippen LogP) is 1.36. The second-order valence-electron chi connectivity index (χ2n) is 5.38. The maximum absolute atomic E-state index is 12.3.